The molecular formula is C13H19BrN2O. The first-order chi connectivity index (χ1) is 8.19. The van der Waals surface area contributed by atoms with E-state index in [0.29, 0.717) is 12.6 Å². The Labute approximate surface area is 111 Å². The minimum atomic E-state index is 0.339. The van der Waals surface area contributed by atoms with Crippen molar-refractivity contribution in [2.24, 2.45) is 5.73 Å². The van der Waals surface area contributed by atoms with Gasteiger partial charge in [0.2, 0.25) is 0 Å². The Morgan fingerprint density at radius 2 is 2.12 bits per heavy atom. The molecule has 1 heterocycles. The van der Waals surface area contributed by atoms with Crippen molar-refractivity contribution >= 4 is 15.9 Å². The van der Waals surface area contributed by atoms with Crippen LogP contribution in [0.5, 0.6) is 5.75 Å². The second-order valence-electron chi connectivity index (χ2n) is 4.59. The highest BCUT2D eigenvalue weighted by atomic mass is 79.9. The topological polar surface area (TPSA) is 38.5 Å². The van der Waals surface area contributed by atoms with E-state index >= 15 is 0 Å². The number of benzene rings is 1. The van der Waals surface area contributed by atoms with E-state index in [-0.39, 0.29) is 0 Å². The second kappa shape index (κ2) is 5.85. The van der Waals surface area contributed by atoms with Crippen molar-refractivity contribution in [1.29, 1.82) is 0 Å². The van der Waals surface area contributed by atoms with E-state index in [2.05, 4.69) is 27.9 Å². The predicted octanol–water partition coefficient (Wildman–Crippen LogP) is 2.38. The van der Waals surface area contributed by atoms with Crippen LogP contribution in [-0.2, 0) is 6.54 Å². The summed E-state index contributed by atoms with van der Waals surface area (Å²) >= 11 is 3.54. The lowest BCUT2D eigenvalue weighted by atomic mass is 10.1. The zero-order valence-electron chi connectivity index (χ0n) is 10.2. The van der Waals surface area contributed by atoms with E-state index in [1.165, 1.54) is 0 Å². The maximum atomic E-state index is 6.02. The van der Waals surface area contributed by atoms with E-state index in [1.54, 1.807) is 0 Å². The van der Waals surface area contributed by atoms with Gasteiger partial charge in [-0.1, -0.05) is 6.07 Å². The summed E-state index contributed by atoms with van der Waals surface area (Å²) in [5.41, 5.74) is 6.72. The van der Waals surface area contributed by atoms with Crippen LogP contribution in [0.2, 0.25) is 0 Å². The first kappa shape index (κ1) is 12.9. The first-order valence-electron chi connectivity index (χ1n) is 6.02. The van der Waals surface area contributed by atoms with Gasteiger partial charge in [-0.15, -0.1) is 0 Å². The summed E-state index contributed by atoms with van der Waals surface area (Å²) in [5, 5.41) is 0. The van der Waals surface area contributed by atoms with Crippen LogP contribution in [0.4, 0.5) is 0 Å². The Morgan fingerprint density at radius 1 is 1.41 bits per heavy atom. The molecular weight excluding hydrogens is 280 g/mol. The highest BCUT2D eigenvalue weighted by Gasteiger charge is 2.18. The third kappa shape index (κ3) is 3.44. The van der Waals surface area contributed by atoms with Gasteiger partial charge in [0.25, 0.3) is 0 Å². The molecule has 4 heteroatoms. The average molecular weight is 299 g/mol. The smallest absolute Gasteiger partial charge is 0.133 e. The molecule has 1 aromatic rings. The fourth-order valence-electron chi connectivity index (χ4n) is 2.05. The van der Waals surface area contributed by atoms with Gasteiger partial charge in [0, 0.05) is 19.6 Å². The summed E-state index contributed by atoms with van der Waals surface area (Å²) in [6.07, 6.45) is 2.54. The third-order valence-electron chi connectivity index (χ3n) is 3.19. The minimum Gasteiger partial charge on any atom is -0.489 e. The van der Waals surface area contributed by atoms with Gasteiger partial charge in [-0.05, 0) is 53.5 Å². The second-order valence-corrected chi connectivity index (χ2v) is 5.44. The monoisotopic (exact) mass is 298 g/mol. The molecule has 0 spiro atoms. The number of piperidine rings is 1. The van der Waals surface area contributed by atoms with Gasteiger partial charge in [0.15, 0.2) is 0 Å². The molecule has 0 aromatic heterocycles. The van der Waals surface area contributed by atoms with Gasteiger partial charge in [0.05, 0.1) is 4.47 Å². The lowest BCUT2D eigenvalue weighted by molar-refractivity contribution is 0.113. The summed E-state index contributed by atoms with van der Waals surface area (Å²) in [4.78, 5) is 2.34. The standard InChI is InChI=1S/C13H19BrN2O/c1-16-6-4-11(5-7-16)17-13-3-2-10(9-15)8-12(13)14/h2-3,8,11H,4-7,9,15H2,1H3. The maximum absolute atomic E-state index is 6.02. The summed E-state index contributed by atoms with van der Waals surface area (Å²) in [6.45, 7) is 2.79. The van der Waals surface area contributed by atoms with Crippen molar-refractivity contribution < 1.29 is 4.74 Å². The van der Waals surface area contributed by atoms with E-state index in [4.69, 9.17) is 10.5 Å². The molecule has 1 aromatic carbocycles. The number of hydrogen-bond acceptors (Lipinski definition) is 3. The van der Waals surface area contributed by atoms with Crippen LogP contribution in [0.3, 0.4) is 0 Å². The molecule has 1 aliphatic rings. The van der Waals surface area contributed by atoms with E-state index in [1.807, 2.05) is 18.2 Å². The number of nitrogens with zero attached hydrogens (tertiary/aromatic N) is 1. The highest BCUT2D eigenvalue weighted by molar-refractivity contribution is 9.10. The average Bonchev–Trinajstić information content (AvgIpc) is 2.34. The van der Waals surface area contributed by atoms with Crippen LogP contribution in [0.25, 0.3) is 0 Å². The predicted molar refractivity (Wildman–Crippen MR) is 73.2 cm³/mol. The Bertz CT molecular complexity index is 376. The number of rotatable bonds is 3. The van der Waals surface area contributed by atoms with Crippen LogP contribution < -0.4 is 10.5 Å². The van der Waals surface area contributed by atoms with Crippen molar-refractivity contribution in [3.8, 4) is 5.75 Å². The molecule has 0 aliphatic carbocycles. The van der Waals surface area contributed by atoms with Crippen LogP contribution in [0.1, 0.15) is 18.4 Å². The minimum absolute atomic E-state index is 0.339. The lowest BCUT2D eigenvalue weighted by Crippen LogP contribution is -2.35. The van der Waals surface area contributed by atoms with Gasteiger partial charge in [-0.3, -0.25) is 0 Å². The number of halogens is 1. The number of nitrogens with two attached hydrogens (primary N) is 1. The van der Waals surface area contributed by atoms with Gasteiger partial charge >= 0.3 is 0 Å². The van der Waals surface area contributed by atoms with Gasteiger partial charge in [-0.25, -0.2) is 0 Å². The van der Waals surface area contributed by atoms with E-state index < -0.39 is 0 Å². The van der Waals surface area contributed by atoms with Crippen molar-refractivity contribution in [2.45, 2.75) is 25.5 Å². The zero-order valence-corrected chi connectivity index (χ0v) is 11.7. The normalized spacial score (nSPS) is 18.3. The van der Waals surface area contributed by atoms with Crippen molar-refractivity contribution in [3.05, 3.63) is 28.2 Å². The van der Waals surface area contributed by atoms with Crippen molar-refractivity contribution in [3.63, 3.8) is 0 Å². The lowest BCUT2D eigenvalue weighted by Gasteiger charge is -2.29. The number of likely N-dealkylation sites (tertiary alicyclic amines) is 1. The molecule has 94 valence electrons. The zero-order chi connectivity index (χ0) is 12.3. The molecule has 0 radical (unpaired) electrons. The molecule has 2 N–H and O–H groups in total. The molecule has 17 heavy (non-hydrogen) atoms. The van der Waals surface area contributed by atoms with Gasteiger partial charge in [0.1, 0.15) is 11.9 Å². The van der Waals surface area contributed by atoms with Gasteiger partial charge < -0.3 is 15.4 Å². The van der Waals surface area contributed by atoms with Crippen LogP contribution in [0, 0.1) is 0 Å². The molecule has 0 bridgehead atoms. The van der Waals surface area contributed by atoms with E-state index in [9.17, 15) is 0 Å². The molecule has 0 saturated carbocycles. The van der Waals surface area contributed by atoms with Gasteiger partial charge in [-0.2, -0.15) is 0 Å². The van der Waals surface area contributed by atoms with Crippen molar-refractivity contribution in [2.75, 3.05) is 20.1 Å². The van der Waals surface area contributed by atoms with Crippen LogP contribution >= 0.6 is 15.9 Å². The molecule has 2 rings (SSSR count). The molecule has 0 amide bonds. The Balaban J connectivity index is 1.99. The Hall–Kier alpha value is -0.580. The largest absolute Gasteiger partial charge is 0.489 e. The molecule has 1 fully saturated rings. The summed E-state index contributed by atoms with van der Waals surface area (Å²) < 4.78 is 7.02. The SMILES string of the molecule is CN1CCC(Oc2ccc(CN)cc2Br)CC1. The van der Waals surface area contributed by atoms with Crippen LogP contribution in [-0.4, -0.2) is 31.1 Å². The molecule has 1 saturated heterocycles. The quantitative estimate of drug-likeness (QED) is 0.931. The van der Waals surface area contributed by atoms with E-state index in [0.717, 1.165) is 41.7 Å². The summed E-state index contributed by atoms with van der Waals surface area (Å²) in [5.74, 6) is 0.928. The fourth-order valence-corrected chi connectivity index (χ4v) is 2.57. The molecule has 1 aliphatic heterocycles. The Kier molecular flexibility index (Phi) is 4.42. The molecule has 3 nitrogen and oxygen atoms in total. The maximum Gasteiger partial charge on any atom is 0.133 e. The molecule has 0 unspecified atom stereocenters. The summed E-state index contributed by atoms with van der Waals surface area (Å²) in [7, 11) is 2.15. The highest BCUT2D eigenvalue weighted by Crippen LogP contribution is 2.28. The first-order valence-corrected chi connectivity index (χ1v) is 6.82. The fraction of sp³-hybridized carbons (Fsp3) is 0.538. The van der Waals surface area contributed by atoms with Crippen LogP contribution in [0.15, 0.2) is 22.7 Å². The summed E-state index contributed by atoms with van der Waals surface area (Å²) in [6, 6.07) is 6.06. The van der Waals surface area contributed by atoms with Crippen molar-refractivity contribution in [1.82, 2.24) is 4.90 Å². The third-order valence-corrected chi connectivity index (χ3v) is 3.81. The molecule has 0 atom stereocenters. The Morgan fingerprint density at radius 3 is 2.71 bits per heavy atom. The number of hydrogen-bond donors (Lipinski definition) is 1. The number of ether oxygens (including phenoxy) is 1.